The Kier molecular flexibility index (Phi) is 4.91. The lowest BCUT2D eigenvalue weighted by atomic mass is 10.2. The first kappa shape index (κ1) is 17.0. The average molecular weight is 365 g/mol. The fraction of sp³-hybridized carbons (Fsp3) is 0.278. The molecular weight excluding hydrogens is 346 g/mol. The van der Waals surface area contributed by atoms with Crippen LogP contribution in [-0.2, 0) is 11.3 Å². The molecule has 2 aromatic heterocycles. The van der Waals surface area contributed by atoms with Gasteiger partial charge < -0.3 is 9.64 Å². The Labute approximate surface area is 156 Å². The van der Waals surface area contributed by atoms with Crippen LogP contribution in [0.3, 0.4) is 0 Å². The van der Waals surface area contributed by atoms with E-state index in [2.05, 4.69) is 30.7 Å². The summed E-state index contributed by atoms with van der Waals surface area (Å²) in [7, 11) is 0. The Bertz CT molecular complexity index is 868. The number of anilines is 2. The van der Waals surface area contributed by atoms with Crippen LogP contribution in [0.25, 0.3) is 0 Å². The zero-order valence-electron chi connectivity index (χ0n) is 14.6. The highest BCUT2D eigenvalue weighted by Gasteiger charge is 2.25. The highest BCUT2D eigenvalue weighted by molar-refractivity contribution is 5.83. The lowest BCUT2D eigenvalue weighted by molar-refractivity contribution is 0.155. The molecule has 0 radical (unpaired) electrons. The van der Waals surface area contributed by atoms with Crippen LogP contribution in [-0.4, -0.2) is 44.4 Å². The van der Waals surface area contributed by atoms with E-state index in [4.69, 9.17) is 4.74 Å². The standard InChI is InChI=1S/C18H19N7O2/c26-18(27-13-14-4-2-1-3-5-14)20-16-6-7-17(22-21-16)24-10-8-15(12-24)25-11-9-19-23-25/h1-7,9,11,15H,8,10,12-13H2,(H,20,21,26). The van der Waals surface area contributed by atoms with Crippen molar-refractivity contribution in [2.45, 2.75) is 19.1 Å². The summed E-state index contributed by atoms with van der Waals surface area (Å²) in [5, 5.41) is 18.8. The molecule has 27 heavy (non-hydrogen) atoms. The summed E-state index contributed by atoms with van der Waals surface area (Å²) in [4.78, 5) is 14.0. The molecule has 1 aliphatic rings. The molecule has 4 rings (SSSR count). The summed E-state index contributed by atoms with van der Waals surface area (Å²) >= 11 is 0. The van der Waals surface area contributed by atoms with Crippen molar-refractivity contribution in [2.75, 3.05) is 23.3 Å². The van der Waals surface area contributed by atoms with Gasteiger partial charge >= 0.3 is 6.09 Å². The van der Waals surface area contributed by atoms with Crippen LogP contribution in [0.2, 0.25) is 0 Å². The maximum atomic E-state index is 11.9. The molecule has 1 aromatic carbocycles. The Morgan fingerprint density at radius 3 is 2.81 bits per heavy atom. The number of hydrogen-bond acceptors (Lipinski definition) is 7. The number of carbonyl (C=O) groups is 1. The van der Waals surface area contributed by atoms with E-state index in [9.17, 15) is 4.79 Å². The predicted molar refractivity (Wildman–Crippen MR) is 98.2 cm³/mol. The van der Waals surface area contributed by atoms with Gasteiger partial charge in [0.1, 0.15) is 6.61 Å². The summed E-state index contributed by atoms with van der Waals surface area (Å²) in [5.74, 6) is 1.12. The van der Waals surface area contributed by atoms with Gasteiger partial charge in [0, 0.05) is 19.3 Å². The van der Waals surface area contributed by atoms with E-state index in [1.807, 2.05) is 47.3 Å². The summed E-state index contributed by atoms with van der Waals surface area (Å²) in [6.07, 6.45) is 3.96. The van der Waals surface area contributed by atoms with E-state index in [1.54, 1.807) is 12.3 Å². The van der Waals surface area contributed by atoms with Crippen LogP contribution in [0, 0.1) is 0 Å². The summed E-state index contributed by atoms with van der Waals surface area (Å²) in [6, 6.07) is 13.3. The van der Waals surface area contributed by atoms with Gasteiger partial charge in [0.05, 0.1) is 12.2 Å². The second kappa shape index (κ2) is 7.81. The number of rotatable bonds is 5. The second-order valence-corrected chi connectivity index (χ2v) is 6.24. The van der Waals surface area contributed by atoms with Crippen molar-refractivity contribution in [1.29, 1.82) is 0 Å². The second-order valence-electron chi connectivity index (χ2n) is 6.24. The number of aromatic nitrogens is 5. The molecule has 9 heteroatoms. The third kappa shape index (κ3) is 4.20. The Morgan fingerprint density at radius 2 is 2.07 bits per heavy atom. The smallest absolute Gasteiger partial charge is 0.413 e. The summed E-state index contributed by atoms with van der Waals surface area (Å²) < 4.78 is 7.04. The van der Waals surface area contributed by atoms with Gasteiger partial charge in [-0.2, -0.15) is 0 Å². The molecule has 3 aromatic rings. The predicted octanol–water partition coefficient (Wildman–Crippen LogP) is 2.27. The Hall–Kier alpha value is -3.49. The number of hydrogen-bond donors (Lipinski definition) is 1. The number of ether oxygens (including phenoxy) is 1. The molecule has 138 valence electrons. The molecule has 3 heterocycles. The van der Waals surface area contributed by atoms with Crippen LogP contribution in [0.1, 0.15) is 18.0 Å². The lowest BCUT2D eigenvalue weighted by Crippen LogP contribution is -2.23. The van der Waals surface area contributed by atoms with E-state index in [0.717, 1.165) is 30.9 Å². The molecular formula is C18H19N7O2. The zero-order valence-corrected chi connectivity index (χ0v) is 14.6. The molecule has 1 amide bonds. The number of nitrogens with one attached hydrogen (secondary N) is 1. The molecule has 0 aliphatic carbocycles. The van der Waals surface area contributed by atoms with Gasteiger partial charge in [-0.1, -0.05) is 35.5 Å². The van der Waals surface area contributed by atoms with Crippen molar-refractivity contribution in [1.82, 2.24) is 25.2 Å². The maximum Gasteiger partial charge on any atom is 0.413 e. The Morgan fingerprint density at radius 1 is 1.19 bits per heavy atom. The fourth-order valence-electron chi connectivity index (χ4n) is 3.00. The number of carbonyl (C=O) groups excluding carboxylic acids is 1. The Balaban J connectivity index is 1.29. The van der Waals surface area contributed by atoms with Gasteiger partial charge in [-0.3, -0.25) is 5.32 Å². The van der Waals surface area contributed by atoms with Gasteiger partial charge in [0.2, 0.25) is 0 Å². The van der Waals surface area contributed by atoms with Crippen LogP contribution < -0.4 is 10.2 Å². The quantitative estimate of drug-likeness (QED) is 0.740. The third-order valence-corrected chi connectivity index (χ3v) is 4.40. The van der Waals surface area contributed by atoms with Gasteiger partial charge in [-0.25, -0.2) is 9.48 Å². The van der Waals surface area contributed by atoms with Crippen molar-refractivity contribution >= 4 is 17.7 Å². The fourth-order valence-corrected chi connectivity index (χ4v) is 3.00. The highest BCUT2D eigenvalue weighted by Crippen LogP contribution is 2.24. The molecule has 1 saturated heterocycles. The van der Waals surface area contributed by atoms with Crippen molar-refractivity contribution in [3.63, 3.8) is 0 Å². The zero-order chi connectivity index (χ0) is 18.5. The SMILES string of the molecule is O=C(Nc1ccc(N2CCC(n3ccnn3)C2)nn1)OCc1ccccc1. The van der Waals surface area contributed by atoms with Gasteiger partial charge in [-0.05, 0) is 24.1 Å². The number of amides is 1. The molecule has 0 bridgehead atoms. The highest BCUT2D eigenvalue weighted by atomic mass is 16.5. The molecule has 1 fully saturated rings. The molecule has 1 aliphatic heterocycles. The van der Waals surface area contributed by atoms with Crippen molar-refractivity contribution in [2.24, 2.45) is 0 Å². The minimum Gasteiger partial charge on any atom is -0.444 e. The maximum absolute atomic E-state index is 11.9. The van der Waals surface area contributed by atoms with Gasteiger partial charge in [-0.15, -0.1) is 15.3 Å². The van der Waals surface area contributed by atoms with Gasteiger partial charge in [0.25, 0.3) is 0 Å². The van der Waals surface area contributed by atoms with E-state index in [1.165, 1.54) is 0 Å². The summed E-state index contributed by atoms with van der Waals surface area (Å²) in [6.45, 7) is 1.87. The van der Waals surface area contributed by atoms with Crippen LogP contribution in [0.5, 0.6) is 0 Å². The molecule has 1 N–H and O–H groups in total. The van der Waals surface area contributed by atoms with E-state index >= 15 is 0 Å². The normalized spacial score (nSPS) is 16.3. The van der Waals surface area contributed by atoms with Crippen LogP contribution in [0.4, 0.5) is 16.4 Å². The minimum absolute atomic E-state index is 0.204. The van der Waals surface area contributed by atoms with Crippen LogP contribution >= 0.6 is 0 Å². The first-order valence-electron chi connectivity index (χ1n) is 8.70. The first-order chi connectivity index (χ1) is 13.3. The summed E-state index contributed by atoms with van der Waals surface area (Å²) in [5.41, 5.74) is 0.921. The van der Waals surface area contributed by atoms with E-state index in [-0.39, 0.29) is 12.6 Å². The monoisotopic (exact) mass is 365 g/mol. The molecule has 1 atom stereocenters. The first-order valence-corrected chi connectivity index (χ1v) is 8.70. The lowest BCUT2D eigenvalue weighted by Gasteiger charge is -2.17. The molecule has 0 spiro atoms. The minimum atomic E-state index is -0.562. The van der Waals surface area contributed by atoms with E-state index < -0.39 is 6.09 Å². The number of benzene rings is 1. The van der Waals surface area contributed by atoms with Crippen molar-refractivity contribution in [3.05, 3.63) is 60.4 Å². The average Bonchev–Trinajstić information content (AvgIpc) is 3.39. The topological polar surface area (TPSA) is 98.1 Å². The van der Waals surface area contributed by atoms with Crippen molar-refractivity contribution in [3.8, 4) is 0 Å². The largest absolute Gasteiger partial charge is 0.444 e. The van der Waals surface area contributed by atoms with Crippen LogP contribution in [0.15, 0.2) is 54.9 Å². The molecule has 0 saturated carbocycles. The molecule has 9 nitrogen and oxygen atoms in total. The third-order valence-electron chi connectivity index (χ3n) is 4.40. The van der Waals surface area contributed by atoms with E-state index in [0.29, 0.717) is 5.82 Å². The van der Waals surface area contributed by atoms with Crippen molar-refractivity contribution < 1.29 is 9.53 Å². The van der Waals surface area contributed by atoms with Gasteiger partial charge in [0.15, 0.2) is 11.6 Å². The number of nitrogens with zero attached hydrogens (tertiary/aromatic N) is 6. The molecule has 1 unspecified atom stereocenters.